The summed E-state index contributed by atoms with van der Waals surface area (Å²) >= 11 is 3.40. The minimum absolute atomic E-state index is 0.694. The SMILES string of the molecule is CCCN(c1ncc(CBr)cn1)C1CC1. The number of alkyl halides is 1. The molecule has 4 heteroatoms. The van der Waals surface area contributed by atoms with Gasteiger partial charge in [0.1, 0.15) is 0 Å². The van der Waals surface area contributed by atoms with E-state index in [1.54, 1.807) is 0 Å². The zero-order chi connectivity index (χ0) is 10.7. The average Bonchev–Trinajstić information content (AvgIpc) is 3.10. The van der Waals surface area contributed by atoms with E-state index in [2.05, 4.69) is 37.7 Å². The van der Waals surface area contributed by atoms with Gasteiger partial charge in [0.2, 0.25) is 5.95 Å². The van der Waals surface area contributed by atoms with E-state index in [9.17, 15) is 0 Å². The molecule has 0 aromatic carbocycles. The van der Waals surface area contributed by atoms with Crippen molar-refractivity contribution in [3.8, 4) is 0 Å². The molecule has 15 heavy (non-hydrogen) atoms. The van der Waals surface area contributed by atoms with E-state index >= 15 is 0 Å². The van der Waals surface area contributed by atoms with E-state index in [-0.39, 0.29) is 0 Å². The van der Waals surface area contributed by atoms with Crippen LogP contribution in [-0.4, -0.2) is 22.6 Å². The van der Waals surface area contributed by atoms with Gasteiger partial charge in [-0.25, -0.2) is 9.97 Å². The lowest BCUT2D eigenvalue weighted by molar-refractivity contribution is 0.734. The van der Waals surface area contributed by atoms with Crippen molar-refractivity contribution in [2.75, 3.05) is 11.4 Å². The Hall–Kier alpha value is -0.640. The van der Waals surface area contributed by atoms with E-state index in [0.29, 0.717) is 6.04 Å². The standard InChI is InChI=1S/C11H16BrN3/c1-2-5-15(10-3-4-10)11-13-7-9(6-12)8-14-11/h7-8,10H,2-6H2,1H3. The zero-order valence-electron chi connectivity index (χ0n) is 8.99. The van der Waals surface area contributed by atoms with Gasteiger partial charge in [-0.1, -0.05) is 22.9 Å². The van der Waals surface area contributed by atoms with Crippen LogP contribution in [0.3, 0.4) is 0 Å². The maximum atomic E-state index is 4.41. The van der Waals surface area contributed by atoms with E-state index in [1.165, 1.54) is 12.8 Å². The topological polar surface area (TPSA) is 29.0 Å². The summed E-state index contributed by atoms with van der Waals surface area (Å²) in [6.07, 6.45) is 7.55. The molecule has 0 atom stereocenters. The summed E-state index contributed by atoms with van der Waals surface area (Å²) in [5, 5.41) is 0.824. The van der Waals surface area contributed by atoms with Crippen molar-refractivity contribution in [3.05, 3.63) is 18.0 Å². The Balaban J connectivity index is 2.10. The van der Waals surface area contributed by atoms with Crippen LogP contribution in [0.25, 0.3) is 0 Å². The molecule has 1 saturated carbocycles. The fourth-order valence-electron chi connectivity index (χ4n) is 1.64. The van der Waals surface area contributed by atoms with Gasteiger partial charge in [0.25, 0.3) is 0 Å². The molecule has 0 saturated heterocycles. The van der Waals surface area contributed by atoms with Gasteiger partial charge in [-0.15, -0.1) is 0 Å². The molecule has 0 radical (unpaired) electrons. The molecule has 0 amide bonds. The maximum absolute atomic E-state index is 4.41. The highest BCUT2D eigenvalue weighted by Gasteiger charge is 2.29. The molecule has 1 aromatic rings. The molecule has 1 heterocycles. The first-order valence-corrected chi connectivity index (χ1v) is 6.60. The summed E-state index contributed by atoms with van der Waals surface area (Å²) in [5.74, 6) is 0.893. The monoisotopic (exact) mass is 269 g/mol. The lowest BCUT2D eigenvalue weighted by Gasteiger charge is -2.21. The molecule has 0 spiro atoms. The average molecular weight is 270 g/mol. The van der Waals surface area contributed by atoms with Gasteiger partial charge in [0, 0.05) is 30.3 Å². The first kappa shape index (κ1) is 10.9. The largest absolute Gasteiger partial charge is 0.338 e. The quantitative estimate of drug-likeness (QED) is 0.770. The number of nitrogens with zero attached hydrogens (tertiary/aromatic N) is 3. The molecule has 1 aliphatic carbocycles. The highest BCUT2D eigenvalue weighted by atomic mass is 79.9. The molecule has 0 bridgehead atoms. The highest BCUT2D eigenvalue weighted by Crippen LogP contribution is 2.29. The third-order valence-corrected chi connectivity index (χ3v) is 3.20. The van der Waals surface area contributed by atoms with Gasteiger partial charge < -0.3 is 4.90 Å². The Bertz CT molecular complexity index is 308. The van der Waals surface area contributed by atoms with Crippen molar-refractivity contribution in [1.82, 2.24) is 9.97 Å². The molecule has 82 valence electrons. The fourth-order valence-corrected chi connectivity index (χ4v) is 1.93. The molecule has 0 unspecified atom stereocenters. The van der Waals surface area contributed by atoms with Crippen LogP contribution >= 0.6 is 15.9 Å². The molecule has 1 aliphatic rings. The Morgan fingerprint density at radius 3 is 2.53 bits per heavy atom. The number of anilines is 1. The van der Waals surface area contributed by atoms with Crippen LogP contribution in [-0.2, 0) is 5.33 Å². The van der Waals surface area contributed by atoms with E-state index < -0.39 is 0 Å². The van der Waals surface area contributed by atoms with Crippen molar-refractivity contribution >= 4 is 21.9 Å². The van der Waals surface area contributed by atoms with Crippen LogP contribution in [0.5, 0.6) is 0 Å². The van der Waals surface area contributed by atoms with Gasteiger partial charge in [-0.3, -0.25) is 0 Å². The minimum atomic E-state index is 0.694. The molecule has 2 rings (SSSR count). The fraction of sp³-hybridized carbons (Fsp3) is 0.636. The molecule has 0 aliphatic heterocycles. The second-order valence-corrected chi connectivity index (χ2v) is 4.51. The highest BCUT2D eigenvalue weighted by molar-refractivity contribution is 9.08. The first-order chi connectivity index (χ1) is 7.35. The lowest BCUT2D eigenvalue weighted by Crippen LogP contribution is -2.28. The van der Waals surface area contributed by atoms with E-state index in [0.717, 1.165) is 29.8 Å². The second kappa shape index (κ2) is 4.92. The maximum Gasteiger partial charge on any atom is 0.225 e. The first-order valence-electron chi connectivity index (χ1n) is 5.48. The second-order valence-electron chi connectivity index (χ2n) is 3.95. The van der Waals surface area contributed by atoms with Crippen molar-refractivity contribution in [2.24, 2.45) is 0 Å². The van der Waals surface area contributed by atoms with Crippen LogP contribution in [0, 0.1) is 0 Å². The van der Waals surface area contributed by atoms with Crippen molar-refractivity contribution < 1.29 is 0 Å². The normalized spacial score (nSPS) is 15.3. The van der Waals surface area contributed by atoms with Gasteiger partial charge in [-0.05, 0) is 24.8 Å². The van der Waals surface area contributed by atoms with Crippen molar-refractivity contribution in [3.63, 3.8) is 0 Å². The summed E-state index contributed by atoms with van der Waals surface area (Å²) in [4.78, 5) is 11.2. The van der Waals surface area contributed by atoms with Gasteiger partial charge in [-0.2, -0.15) is 0 Å². The predicted octanol–water partition coefficient (Wildman–Crippen LogP) is 2.75. The minimum Gasteiger partial charge on any atom is -0.338 e. The Labute approximate surface area is 99.0 Å². The molecule has 3 nitrogen and oxygen atoms in total. The van der Waals surface area contributed by atoms with Crippen molar-refractivity contribution in [1.29, 1.82) is 0 Å². The summed E-state index contributed by atoms with van der Waals surface area (Å²) in [7, 11) is 0. The van der Waals surface area contributed by atoms with E-state index in [1.807, 2.05) is 12.4 Å². The third-order valence-electron chi connectivity index (χ3n) is 2.56. The van der Waals surface area contributed by atoms with Crippen LogP contribution in [0.15, 0.2) is 12.4 Å². The lowest BCUT2D eigenvalue weighted by atomic mass is 10.4. The summed E-state index contributed by atoms with van der Waals surface area (Å²) in [6, 6.07) is 0.694. The molecule has 1 aromatic heterocycles. The van der Waals surface area contributed by atoms with Crippen LogP contribution in [0.4, 0.5) is 5.95 Å². The van der Waals surface area contributed by atoms with Gasteiger partial charge in [0.05, 0.1) is 0 Å². The number of rotatable bonds is 5. The number of aromatic nitrogens is 2. The van der Waals surface area contributed by atoms with Gasteiger partial charge in [0.15, 0.2) is 0 Å². The van der Waals surface area contributed by atoms with Crippen LogP contribution < -0.4 is 4.90 Å². The molecule has 0 N–H and O–H groups in total. The summed E-state index contributed by atoms with van der Waals surface area (Å²) in [6.45, 7) is 3.26. The molecular formula is C11H16BrN3. The Morgan fingerprint density at radius 1 is 1.40 bits per heavy atom. The Morgan fingerprint density at radius 2 is 2.07 bits per heavy atom. The van der Waals surface area contributed by atoms with Gasteiger partial charge >= 0.3 is 0 Å². The third kappa shape index (κ3) is 2.68. The van der Waals surface area contributed by atoms with Crippen molar-refractivity contribution in [2.45, 2.75) is 37.6 Å². The van der Waals surface area contributed by atoms with Crippen LogP contribution in [0.1, 0.15) is 31.7 Å². The molecular weight excluding hydrogens is 254 g/mol. The number of hydrogen-bond acceptors (Lipinski definition) is 3. The number of hydrogen-bond donors (Lipinski definition) is 0. The zero-order valence-corrected chi connectivity index (χ0v) is 10.6. The van der Waals surface area contributed by atoms with Crippen LogP contribution in [0.2, 0.25) is 0 Å². The summed E-state index contributed by atoms with van der Waals surface area (Å²) in [5.41, 5.74) is 1.13. The number of halogens is 1. The predicted molar refractivity (Wildman–Crippen MR) is 65.3 cm³/mol. The molecule has 1 fully saturated rings. The smallest absolute Gasteiger partial charge is 0.225 e. The summed E-state index contributed by atoms with van der Waals surface area (Å²) < 4.78 is 0. The van der Waals surface area contributed by atoms with E-state index in [4.69, 9.17) is 0 Å². The Kier molecular flexibility index (Phi) is 3.57.